The van der Waals surface area contributed by atoms with E-state index in [1.807, 2.05) is 24.7 Å². The zero-order valence-electron chi connectivity index (χ0n) is 12.4. The van der Waals surface area contributed by atoms with Crippen molar-refractivity contribution in [3.8, 4) is 5.75 Å². The lowest BCUT2D eigenvalue weighted by atomic mass is 10.1. The minimum atomic E-state index is 0.169. The Kier molecular flexibility index (Phi) is 4.22. The van der Waals surface area contributed by atoms with Gasteiger partial charge in [0, 0.05) is 37.9 Å². The van der Waals surface area contributed by atoms with E-state index in [-0.39, 0.29) is 6.04 Å². The van der Waals surface area contributed by atoms with Gasteiger partial charge in [-0.2, -0.15) is 0 Å². The molecule has 1 unspecified atom stereocenters. The first kappa shape index (κ1) is 14.1. The number of aryl methyl sites for hydroxylation is 1. The third-order valence-electron chi connectivity index (χ3n) is 4.07. The molecule has 0 radical (unpaired) electrons. The van der Waals surface area contributed by atoms with Crippen LogP contribution in [0.4, 0.5) is 0 Å². The molecule has 1 aliphatic heterocycles. The van der Waals surface area contributed by atoms with Gasteiger partial charge in [-0.3, -0.25) is 4.90 Å². The molecule has 2 aromatic rings. The van der Waals surface area contributed by atoms with Crippen molar-refractivity contribution in [1.82, 2.24) is 14.5 Å². The van der Waals surface area contributed by atoms with Crippen LogP contribution in [0.3, 0.4) is 0 Å². The van der Waals surface area contributed by atoms with E-state index in [9.17, 15) is 0 Å². The van der Waals surface area contributed by atoms with Crippen LogP contribution >= 0.6 is 0 Å². The molecule has 0 saturated heterocycles. The molecule has 5 nitrogen and oxygen atoms in total. The van der Waals surface area contributed by atoms with Gasteiger partial charge >= 0.3 is 0 Å². The number of para-hydroxylation sites is 1. The highest BCUT2D eigenvalue weighted by Gasteiger charge is 2.25. The number of rotatable bonds is 4. The van der Waals surface area contributed by atoms with Crippen LogP contribution in [0.5, 0.6) is 5.75 Å². The first-order chi connectivity index (χ1) is 10.3. The molecule has 0 fully saturated rings. The van der Waals surface area contributed by atoms with Crippen molar-refractivity contribution in [2.75, 3.05) is 19.7 Å². The maximum Gasteiger partial charge on any atom is 0.123 e. The van der Waals surface area contributed by atoms with Gasteiger partial charge in [0.25, 0.3) is 0 Å². The summed E-state index contributed by atoms with van der Waals surface area (Å²) in [5, 5.41) is 0. The number of nitrogens with zero attached hydrogens (tertiary/aromatic N) is 3. The number of hydrogen-bond acceptors (Lipinski definition) is 4. The van der Waals surface area contributed by atoms with Crippen LogP contribution in [-0.2, 0) is 13.1 Å². The molecule has 1 aromatic heterocycles. The lowest BCUT2D eigenvalue weighted by Gasteiger charge is -2.29. The highest BCUT2D eigenvalue weighted by molar-refractivity contribution is 5.34. The van der Waals surface area contributed by atoms with E-state index in [0.717, 1.165) is 25.4 Å². The molecule has 5 heteroatoms. The minimum Gasteiger partial charge on any atom is -0.492 e. The number of imidazole rings is 1. The highest BCUT2D eigenvalue weighted by atomic mass is 16.5. The van der Waals surface area contributed by atoms with Crippen molar-refractivity contribution in [1.29, 1.82) is 0 Å². The van der Waals surface area contributed by atoms with Crippen molar-refractivity contribution < 1.29 is 4.74 Å². The second-order valence-corrected chi connectivity index (χ2v) is 5.28. The third-order valence-corrected chi connectivity index (χ3v) is 4.07. The van der Waals surface area contributed by atoms with Gasteiger partial charge in [-0.25, -0.2) is 4.98 Å². The molecule has 2 N–H and O–H groups in total. The molecule has 0 amide bonds. The Morgan fingerprint density at radius 1 is 1.38 bits per heavy atom. The van der Waals surface area contributed by atoms with Crippen molar-refractivity contribution in [2.45, 2.75) is 26.1 Å². The van der Waals surface area contributed by atoms with Crippen molar-refractivity contribution >= 4 is 0 Å². The molecular weight excluding hydrogens is 264 g/mol. The largest absolute Gasteiger partial charge is 0.492 e. The van der Waals surface area contributed by atoms with Gasteiger partial charge in [-0.15, -0.1) is 0 Å². The zero-order valence-corrected chi connectivity index (χ0v) is 12.4. The lowest BCUT2D eigenvalue weighted by Crippen LogP contribution is -2.36. The summed E-state index contributed by atoms with van der Waals surface area (Å²) >= 11 is 0. The van der Waals surface area contributed by atoms with Gasteiger partial charge in [0.2, 0.25) is 0 Å². The number of fused-ring (bicyclic) bond motifs is 1. The van der Waals surface area contributed by atoms with E-state index in [2.05, 4.69) is 33.5 Å². The highest BCUT2D eigenvalue weighted by Crippen LogP contribution is 2.28. The average Bonchev–Trinajstić information content (AvgIpc) is 2.87. The van der Waals surface area contributed by atoms with Gasteiger partial charge in [0.15, 0.2) is 0 Å². The Labute approximate surface area is 125 Å². The quantitative estimate of drug-likeness (QED) is 0.931. The Hall–Kier alpha value is -1.85. The standard InChI is InChI=1S/C16H22N4O/c1-2-19-12-18-10-15(19)14(9-17)20-7-8-21-16-6-4-3-5-13(16)11-20/h3-6,10,12,14H,2,7-9,11,17H2,1H3. The van der Waals surface area contributed by atoms with E-state index in [0.29, 0.717) is 13.2 Å². The second-order valence-electron chi connectivity index (χ2n) is 5.28. The molecule has 0 spiro atoms. The zero-order chi connectivity index (χ0) is 14.7. The molecule has 3 rings (SSSR count). The molecule has 21 heavy (non-hydrogen) atoms. The lowest BCUT2D eigenvalue weighted by molar-refractivity contribution is 0.167. The molecule has 0 bridgehead atoms. The third kappa shape index (κ3) is 2.80. The SMILES string of the molecule is CCn1cncc1C(CN)N1CCOc2ccccc2C1. The van der Waals surface area contributed by atoms with E-state index < -0.39 is 0 Å². The summed E-state index contributed by atoms with van der Waals surface area (Å²) in [5.41, 5.74) is 8.46. The number of nitrogens with two attached hydrogens (primary N) is 1. The Morgan fingerprint density at radius 2 is 2.24 bits per heavy atom. The maximum atomic E-state index is 6.07. The van der Waals surface area contributed by atoms with Crippen molar-refractivity contribution in [3.63, 3.8) is 0 Å². The number of benzene rings is 1. The fraction of sp³-hybridized carbons (Fsp3) is 0.438. The van der Waals surface area contributed by atoms with Crippen LogP contribution in [0.1, 0.15) is 24.2 Å². The van der Waals surface area contributed by atoms with Crippen LogP contribution in [0, 0.1) is 0 Å². The molecule has 2 heterocycles. The number of aromatic nitrogens is 2. The van der Waals surface area contributed by atoms with Gasteiger partial charge in [0.05, 0.1) is 18.1 Å². The summed E-state index contributed by atoms with van der Waals surface area (Å²) in [6.07, 6.45) is 3.80. The normalized spacial score (nSPS) is 16.9. The monoisotopic (exact) mass is 286 g/mol. The van der Waals surface area contributed by atoms with Gasteiger partial charge in [-0.05, 0) is 13.0 Å². The Bertz CT molecular complexity index is 595. The summed E-state index contributed by atoms with van der Waals surface area (Å²) in [4.78, 5) is 6.66. The summed E-state index contributed by atoms with van der Waals surface area (Å²) in [6.45, 7) is 6.02. The first-order valence-electron chi connectivity index (χ1n) is 7.48. The number of hydrogen-bond donors (Lipinski definition) is 1. The molecule has 0 aliphatic carbocycles. The Balaban J connectivity index is 1.88. The minimum absolute atomic E-state index is 0.169. The van der Waals surface area contributed by atoms with Crippen LogP contribution < -0.4 is 10.5 Å². The van der Waals surface area contributed by atoms with Gasteiger partial charge in [0.1, 0.15) is 12.4 Å². The smallest absolute Gasteiger partial charge is 0.123 e. The molecule has 1 atom stereocenters. The van der Waals surface area contributed by atoms with Crippen molar-refractivity contribution in [2.24, 2.45) is 5.73 Å². The summed E-state index contributed by atoms with van der Waals surface area (Å²) in [5.74, 6) is 0.986. The molecule has 0 saturated carbocycles. The van der Waals surface area contributed by atoms with Gasteiger partial charge in [-0.1, -0.05) is 18.2 Å². The summed E-state index contributed by atoms with van der Waals surface area (Å²) < 4.78 is 8.00. The molecule has 1 aromatic carbocycles. The van der Waals surface area contributed by atoms with Crippen LogP contribution in [-0.4, -0.2) is 34.1 Å². The van der Waals surface area contributed by atoms with E-state index in [4.69, 9.17) is 10.5 Å². The predicted octanol–water partition coefficient (Wildman–Crippen LogP) is 1.80. The van der Waals surface area contributed by atoms with E-state index >= 15 is 0 Å². The number of ether oxygens (including phenoxy) is 1. The Morgan fingerprint density at radius 3 is 3.05 bits per heavy atom. The second kappa shape index (κ2) is 6.28. The topological polar surface area (TPSA) is 56.3 Å². The summed E-state index contributed by atoms with van der Waals surface area (Å²) in [7, 11) is 0. The van der Waals surface area contributed by atoms with Crippen LogP contribution in [0.2, 0.25) is 0 Å². The fourth-order valence-electron chi connectivity index (χ4n) is 2.94. The first-order valence-corrected chi connectivity index (χ1v) is 7.48. The van der Waals surface area contributed by atoms with E-state index in [1.165, 1.54) is 11.3 Å². The molecule has 1 aliphatic rings. The van der Waals surface area contributed by atoms with E-state index in [1.54, 1.807) is 0 Å². The van der Waals surface area contributed by atoms with Crippen LogP contribution in [0.25, 0.3) is 0 Å². The predicted molar refractivity (Wildman–Crippen MR) is 82.0 cm³/mol. The summed E-state index contributed by atoms with van der Waals surface area (Å²) in [6, 6.07) is 8.40. The molecule has 112 valence electrons. The van der Waals surface area contributed by atoms with Crippen molar-refractivity contribution in [3.05, 3.63) is 48.0 Å². The average molecular weight is 286 g/mol. The van der Waals surface area contributed by atoms with Crippen LogP contribution in [0.15, 0.2) is 36.8 Å². The fourth-order valence-corrected chi connectivity index (χ4v) is 2.94. The maximum absolute atomic E-state index is 6.07. The van der Waals surface area contributed by atoms with Gasteiger partial charge < -0.3 is 15.0 Å². The molecular formula is C16H22N4O.